The number of aromatic nitrogens is 2. The quantitative estimate of drug-likeness (QED) is 0.552. The van der Waals surface area contributed by atoms with Crippen LogP contribution in [0.3, 0.4) is 0 Å². The number of hydrogen-bond donors (Lipinski definition) is 3. The molecule has 9 heteroatoms. The Labute approximate surface area is 181 Å². The third-order valence-electron chi connectivity index (χ3n) is 5.45. The monoisotopic (exact) mass is 427 g/mol. The first kappa shape index (κ1) is 22.5. The third-order valence-corrected chi connectivity index (χ3v) is 5.45. The lowest BCUT2D eigenvalue weighted by atomic mass is 9.89. The van der Waals surface area contributed by atoms with Crippen molar-refractivity contribution in [3.63, 3.8) is 0 Å². The predicted molar refractivity (Wildman–Crippen MR) is 114 cm³/mol. The number of carbonyl (C=O) groups excluding carboxylic acids is 3. The number of nitrogens with zero attached hydrogens (tertiary/aromatic N) is 2. The zero-order valence-electron chi connectivity index (χ0n) is 17.8. The molecule has 0 bridgehead atoms. The molecule has 0 saturated heterocycles. The molecule has 166 valence electrons. The summed E-state index contributed by atoms with van der Waals surface area (Å²) in [5.74, 6) is 0.156. The third kappa shape index (κ3) is 6.37. The molecule has 1 saturated carbocycles. The van der Waals surface area contributed by atoms with Gasteiger partial charge in [0, 0.05) is 25.5 Å². The second kappa shape index (κ2) is 10.2. The van der Waals surface area contributed by atoms with E-state index in [4.69, 9.17) is 10.3 Å². The highest BCUT2D eigenvalue weighted by atomic mass is 16.5. The maximum absolute atomic E-state index is 12.3. The van der Waals surface area contributed by atoms with Crippen molar-refractivity contribution in [1.82, 2.24) is 15.5 Å². The van der Waals surface area contributed by atoms with Crippen molar-refractivity contribution >= 4 is 23.4 Å². The number of hydrogen-bond acceptors (Lipinski definition) is 6. The first-order chi connectivity index (χ1) is 14.9. The summed E-state index contributed by atoms with van der Waals surface area (Å²) in [7, 11) is 0. The standard InChI is InChI=1S/C22H29N5O4/c1-15(28)26-22(12-4-2-3-5-13-22)21-25-20(31-27-21)11-10-19(30)24-17-8-6-16(7-9-17)14-18(23)29/h6-9H,2-5,10-14H2,1H3,(H2,23,29)(H,24,30)(H,26,28). The van der Waals surface area contributed by atoms with Crippen molar-refractivity contribution in [3.05, 3.63) is 41.5 Å². The molecule has 0 radical (unpaired) electrons. The first-order valence-electron chi connectivity index (χ1n) is 10.7. The van der Waals surface area contributed by atoms with E-state index in [-0.39, 0.29) is 24.7 Å². The fourth-order valence-corrected chi connectivity index (χ4v) is 3.98. The minimum Gasteiger partial charge on any atom is -0.369 e. The molecule has 1 aliphatic rings. The lowest BCUT2D eigenvalue weighted by molar-refractivity contribution is -0.121. The van der Waals surface area contributed by atoms with Crippen LogP contribution in [0, 0.1) is 0 Å². The number of benzene rings is 1. The van der Waals surface area contributed by atoms with Gasteiger partial charge in [-0.2, -0.15) is 4.98 Å². The van der Waals surface area contributed by atoms with Gasteiger partial charge in [-0.25, -0.2) is 0 Å². The van der Waals surface area contributed by atoms with E-state index >= 15 is 0 Å². The Morgan fingerprint density at radius 3 is 2.39 bits per heavy atom. The number of amides is 3. The molecule has 9 nitrogen and oxygen atoms in total. The minimum atomic E-state index is -0.598. The van der Waals surface area contributed by atoms with Crippen LogP contribution in [0.1, 0.15) is 69.1 Å². The van der Waals surface area contributed by atoms with Crippen molar-refractivity contribution in [2.75, 3.05) is 5.32 Å². The maximum atomic E-state index is 12.3. The maximum Gasteiger partial charge on any atom is 0.227 e. The van der Waals surface area contributed by atoms with Crippen LogP contribution in [-0.4, -0.2) is 27.9 Å². The summed E-state index contributed by atoms with van der Waals surface area (Å²) in [6.07, 6.45) is 6.41. The number of aryl methyl sites for hydroxylation is 1. The highest BCUT2D eigenvalue weighted by Gasteiger charge is 2.38. The van der Waals surface area contributed by atoms with Crippen molar-refractivity contribution in [3.8, 4) is 0 Å². The van der Waals surface area contributed by atoms with Crippen LogP contribution in [0.25, 0.3) is 0 Å². The van der Waals surface area contributed by atoms with Crippen molar-refractivity contribution in [1.29, 1.82) is 0 Å². The summed E-state index contributed by atoms with van der Waals surface area (Å²) in [4.78, 5) is 39.5. The van der Waals surface area contributed by atoms with E-state index in [9.17, 15) is 14.4 Å². The van der Waals surface area contributed by atoms with Crippen LogP contribution in [-0.2, 0) is 32.8 Å². The largest absolute Gasteiger partial charge is 0.369 e. The summed E-state index contributed by atoms with van der Waals surface area (Å²) in [5, 5.41) is 9.98. The van der Waals surface area contributed by atoms with E-state index in [2.05, 4.69) is 20.8 Å². The highest BCUT2D eigenvalue weighted by Crippen LogP contribution is 2.34. The summed E-state index contributed by atoms with van der Waals surface area (Å²) in [5.41, 5.74) is 6.00. The zero-order chi connectivity index (χ0) is 22.3. The van der Waals surface area contributed by atoms with Gasteiger partial charge in [0.05, 0.1) is 6.42 Å². The van der Waals surface area contributed by atoms with Crippen LogP contribution >= 0.6 is 0 Å². The Kier molecular flexibility index (Phi) is 7.38. The van der Waals surface area contributed by atoms with Crippen molar-refractivity contribution in [2.24, 2.45) is 5.73 Å². The lowest BCUT2D eigenvalue weighted by Crippen LogP contribution is -2.45. The first-order valence-corrected chi connectivity index (χ1v) is 10.7. The number of carbonyl (C=O) groups is 3. The van der Waals surface area contributed by atoms with E-state index in [0.717, 1.165) is 44.1 Å². The number of nitrogens with one attached hydrogen (secondary N) is 2. The van der Waals surface area contributed by atoms with Gasteiger partial charge in [-0.05, 0) is 30.5 Å². The molecule has 0 unspecified atom stereocenters. The Hall–Kier alpha value is -3.23. The summed E-state index contributed by atoms with van der Waals surface area (Å²) in [6.45, 7) is 1.50. The van der Waals surface area contributed by atoms with Gasteiger partial charge in [-0.1, -0.05) is 43.0 Å². The van der Waals surface area contributed by atoms with Gasteiger partial charge in [0.15, 0.2) is 5.82 Å². The molecule has 4 N–H and O–H groups in total. The van der Waals surface area contributed by atoms with E-state index in [1.165, 1.54) is 6.92 Å². The van der Waals surface area contributed by atoms with Crippen LogP contribution in [0.2, 0.25) is 0 Å². The van der Waals surface area contributed by atoms with Gasteiger partial charge in [-0.3, -0.25) is 14.4 Å². The second-order valence-corrected chi connectivity index (χ2v) is 8.08. The van der Waals surface area contributed by atoms with Gasteiger partial charge >= 0.3 is 0 Å². The lowest BCUT2D eigenvalue weighted by Gasteiger charge is -2.30. The molecule has 1 aromatic carbocycles. The van der Waals surface area contributed by atoms with Gasteiger partial charge in [-0.15, -0.1) is 0 Å². The number of anilines is 1. The summed E-state index contributed by atoms with van der Waals surface area (Å²) in [6, 6.07) is 6.95. The highest BCUT2D eigenvalue weighted by molar-refractivity contribution is 5.90. The fourth-order valence-electron chi connectivity index (χ4n) is 3.98. The molecule has 2 aromatic rings. The van der Waals surface area contributed by atoms with Crippen molar-refractivity contribution in [2.45, 2.75) is 70.3 Å². The molecule has 1 fully saturated rings. The fraction of sp³-hybridized carbons (Fsp3) is 0.500. The second-order valence-electron chi connectivity index (χ2n) is 8.08. The molecule has 1 aliphatic carbocycles. The molecule has 1 aromatic heterocycles. The predicted octanol–water partition coefficient (Wildman–Crippen LogP) is 2.35. The Morgan fingerprint density at radius 2 is 1.77 bits per heavy atom. The smallest absolute Gasteiger partial charge is 0.227 e. The van der Waals surface area contributed by atoms with Crippen LogP contribution in [0.5, 0.6) is 0 Å². The van der Waals surface area contributed by atoms with Gasteiger partial charge in [0.25, 0.3) is 0 Å². The number of nitrogens with two attached hydrogens (primary N) is 1. The Bertz CT molecular complexity index is 914. The topological polar surface area (TPSA) is 140 Å². The van der Waals surface area contributed by atoms with E-state index in [0.29, 0.717) is 23.8 Å². The van der Waals surface area contributed by atoms with E-state index in [1.54, 1.807) is 24.3 Å². The summed E-state index contributed by atoms with van der Waals surface area (Å²) >= 11 is 0. The van der Waals surface area contributed by atoms with Gasteiger partial charge < -0.3 is 20.9 Å². The molecule has 0 aliphatic heterocycles. The molecule has 3 amide bonds. The zero-order valence-corrected chi connectivity index (χ0v) is 17.8. The Morgan fingerprint density at radius 1 is 1.10 bits per heavy atom. The van der Waals surface area contributed by atoms with E-state index in [1.807, 2.05) is 0 Å². The van der Waals surface area contributed by atoms with Gasteiger partial charge in [0.1, 0.15) is 5.54 Å². The summed E-state index contributed by atoms with van der Waals surface area (Å²) < 4.78 is 5.38. The number of primary amides is 1. The molecular formula is C22H29N5O4. The van der Waals surface area contributed by atoms with E-state index < -0.39 is 11.4 Å². The minimum absolute atomic E-state index is 0.116. The molecule has 31 heavy (non-hydrogen) atoms. The normalized spacial score (nSPS) is 15.6. The van der Waals surface area contributed by atoms with Crippen molar-refractivity contribution < 1.29 is 18.9 Å². The van der Waals surface area contributed by atoms with Crippen LogP contribution in [0.15, 0.2) is 28.8 Å². The average molecular weight is 428 g/mol. The van der Waals surface area contributed by atoms with Crippen LogP contribution in [0.4, 0.5) is 5.69 Å². The molecule has 0 spiro atoms. The average Bonchev–Trinajstić information content (AvgIpc) is 3.07. The molecular weight excluding hydrogens is 398 g/mol. The molecule has 0 atom stereocenters. The Balaban J connectivity index is 1.58. The molecule has 1 heterocycles. The SMILES string of the molecule is CC(=O)NC1(c2noc(CCC(=O)Nc3ccc(CC(N)=O)cc3)n2)CCCCCC1. The van der Waals surface area contributed by atoms with Gasteiger partial charge in [0.2, 0.25) is 23.6 Å². The molecule has 3 rings (SSSR count). The van der Waals surface area contributed by atoms with Crippen LogP contribution < -0.4 is 16.4 Å². The number of rotatable bonds is 8.